The van der Waals surface area contributed by atoms with E-state index < -0.39 is 35.7 Å². The lowest BCUT2D eigenvalue weighted by Gasteiger charge is -2.49. The van der Waals surface area contributed by atoms with Crippen molar-refractivity contribution in [1.29, 1.82) is 0 Å². The first-order valence-electron chi connectivity index (χ1n) is 14.9. The highest BCUT2D eigenvalue weighted by Crippen LogP contribution is 2.47. The van der Waals surface area contributed by atoms with Gasteiger partial charge in [0.25, 0.3) is 0 Å². The Morgan fingerprint density at radius 1 is 0.762 bits per heavy atom. The van der Waals surface area contributed by atoms with Gasteiger partial charge < -0.3 is 28.4 Å². The predicted molar refractivity (Wildman–Crippen MR) is 158 cm³/mol. The van der Waals surface area contributed by atoms with Gasteiger partial charge in [0.05, 0.1) is 32.5 Å². The SMILES string of the molecule is CCC1(CC)O[C@H]2[C@@H](OCc3ccccc3)[C@H](OCc3ccccc3)[C@](COCc3ccccc3)(OC(C)=O)C[C@H]2O1. The van der Waals surface area contributed by atoms with Gasteiger partial charge in [0.15, 0.2) is 11.4 Å². The molecule has 7 heteroatoms. The monoisotopic (exact) mass is 574 g/mol. The molecule has 1 heterocycles. The summed E-state index contributed by atoms with van der Waals surface area (Å²) in [7, 11) is 0. The summed E-state index contributed by atoms with van der Waals surface area (Å²) in [6.07, 6.45) is -0.333. The molecule has 0 N–H and O–H groups in total. The first-order chi connectivity index (χ1) is 20.5. The van der Waals surface area contributed by atoms with Crippen LogP contribution in [0.3, 0.4) is 0 Å². The number of carbonyl (C=O) groups is 1. The number of esters is 1. The Morgan fingerprint density at radius 3 is 1.81 bits per heavy atom. The van der Waals surface area contributed by atoms with Gasteiger partial charge in [-0.05, 0) is 29.5 Å². The van der Waals surface area contributed by atoms with Gasteiger partial charge in [0, 0.05) is 13.3 Å². The third-order valence-corrected chi connectivity index (χ3v) is 8.21. The van der Waals surface area contributed by atoms with Crippen LogP contribution in [0.2, 0.25) is 0 Å². The van der Waals surface area contributed by atoms with Crippen LogP contribution < -0.4 is 0 Å². The Hall–Kier alpha value is -3.07. The van der Waals surface area contributed by atoms with E-state index in [4.69, 9.17) is 28.4 Å². The van der Waals surface area contributed by atoms with Crippen LogP contribution in [-0.4, -0.2) is 48.4 Å². The maximum atomic E-state index is 12.7. The maximum absolute atomic E-state index is 12.7. The number of ether oxygens (including phenoxy) is 6. The minimum Gasteiger partial charge on any atom is -0.454 e. The molecule has 2 fully saturated rings. The molecule has 1 saturated heterocycles. The fourth-order valence-electron chi connectivity index (χ4n) is 6.07. The van der Waals surface area contributed by atoms with Gasteiger partial charge in [-0.3, -0.25) is 4.79 Å². The van der Waals surface area contributed by atoms with Crippen molar-refractivity contribution in [3.05, 3.63) is 108 Å². The highest BCUT2D eigenvalue weighted by Gasteiger charge is 2.63. The van der Waals surface area contributed by atoms with Crippen LogP contribution in [0.4, 0.5) is 0 Å². The molecule has 0 bridgehead atoms. The number of hydrogen-bond donors (Lipinski definition) is 0. The molecule has 0 spiro atoms. The second-order valence-corrected chi connectivity index (χ2v) is 11.2. The summed E-state index contributed by atoms with van der Waals surface area (Å²) in [5.74, 6) is -1.16. The normalized spacial score (nSPS) is 26.5. The maximum Gasteiger partial charge on any atom is 0.303 e. The smallest absolute Gasteiger partial charge is 0.303 e. The minimum atomic E-state index is -1.17. The Labute approximate surface area is 249 Å². The second-order valence-electron chi connectivity index (χ2n) is 11.2. The van der Waals surface area contributed by atoms with Gasteiger partial charge in [-0.2, -0.15) is 0 Å². The van der Waals surface area contributed by atoms with Gasteiger partial charge in [-0.15, -0.1) is 0 Å². The largest absolute Gasteiger partial charge is 0.454 e. The molecule has 0 aromatic heterocycles. The summed E-state index contributed by atoms with van der Waals surface area (Å²) in [5.41, 5.74) is 1.89. The van der Waals surface area contributed by atoms with Crippen LogP contribution in [0.1, 0.15) is 56.7 Å². The molecule has 7 nitrogen and oxygen atoms in total. The Bertz CT molecular complexity index is 1250. The van der Waals surface area contributed by atoms with Gasteiger partial charge in [0.2, 0.25) is 0 Å². The van der Waals surface area contributed by atoms with Crippen molar-refractivity contribution >= 4 is 5.97 Å². The number of rotatable bonds is 13. The zero-order valence-electron chi connectivity index (χ0n) is 24.8. The predicted octanol–water partition coefficient (Wildman–Crippen LogP) is 6.38. The summed E-state index contributed by atoms with van der Waals surface area (Å²) in [6, 6.07) is 29.9. The van der Waals surface area contributed by atoms with E-state index in [2.05, 4.69) is 13.8 Å². The lowest BCUT2D eigenvalue weighted by Crippen LogP contribution is -2.66. The lowest BCUT2D eigenvalue weighted by molar-refractivity contribution is -0.257. The van der Waals surface area contributed by atoms with E-state index in [1.807, 2.05) is 91.0 Å². The number of benzene rings is 3. The Balaban J connectivity index is 1.51. The van der Waals surface area contributed by atoms with Crippen LogP contribution in [0, 0.1) is 0 Å². The molecule has 0 unspecified atom stereocenters. The molecule has 1 aliphatic carbocycles. The van der Waals surface area contributed by atoms with Crippen molar-refractivity contribution in [3.63, 3.8) is 0 Å². The molecule has 0 radical (unpaired) electrons. The van der Waals surface area contributed by atoms with E-state index in [0.717, 1.165) is 16.7 Å². The lowest BCUT2D eigenvalue weighted by atomic mass is 9.76. The third-order valence-electron chi connectivity index (χ3n) is 8.21. The molecule has 1 aliphatic heterocycles. The Morgan fingerprint density at radius 2 is 1.29 bits per heavy atom. The molecule has 5 rings (SSSR count). The molecule has 3 aromatic rings. The van der Waals surface area contributed by atoms with Crippen LogP contribution in [0.25, 0.3) is 0 Å². The number of fused-ring (bicyclic) bond motifs is 1. The van der Waals surface area contributed by atoms with Crippen molar-refractivity contribution in [1.82, 2.24) is 0 Å². The summed E-state index contributed by atoms with van der Waals surface area (Å²) in [4.78, 5) is 12.7. The van der Waals surface area contributed by atoms with Gasteiger partial charge in [-0.25, -0.2) is 0 Å². The van der Waals surface area contributed by atoms with Crippen LogP contribution in [-0.2, 0) is 53.0 Å². The summed E-state index contributed by atoms with van der Waals surface area (Å²) < 4.78 is 39.3. The minimum absolute atomic E-state index is 0.115. The number of hydrogen-bond acceptors (Lipinski definition) is 7. The third kappa shape index (κ3) is 7.10. The zero-order chi connectivity index (χ0) is 29.4. The van der Waals surface area contributed by atoms with E-state index in [1.165, 1.54) is 6.92 Å². The van der Waals surface area contributed by atoms with E-state index in [-0.39, 0.29) is 12.7 Å². The first kappa shape index (κ1) is 30.4. The van der Waals surface area contributed by atoms with Crippen molar-refractivity contribution in [3.8, 4) is 0 Å². The highest BCUT2D eigenvalue weighted by atomic mass is 16.8. The fourth-order valence-corrected chi connectivity index (χ4v) is 6.07. The van der Waals surface area contributed by atoms with Crippen molar-refractivity contribution < 1.29 is 33.2 Å². The van der Waals surface area contributed by atoms with Crippen molar-refractivity contribution in [2.75, 3.05) is 6.61 Å². The molecule has 42 heavy (non-hydrogen) atoms. The molecular formula is C35H42O7. The standard InChI is InChI=1S/C35H42O7/c1-4-35(5-2)41-30-21-34(40-26(3)36,25-37-22-27-15-9-6-10-16-27)33(39-24-29-19-13-8-14-20-29)32(31(30)42-35)38-23-28-17-11-7-12-18-28/h6-20,30-33H,4-5,21-25H2,1-3H3/t30-,31-,32-,33+,34+/m1/s1. The fraction of sp³-hybridized carbons (Fsp3) is 0.457. The second kappa shape index (κ2) is 13.9. The average Bonchev–Trinajstić information content (AvgIpc) is 3.39. The van der Waals surface area contributed by atoms with Crippen LogP contribution in [0.15, 0.2) is 91.0 Å². The van der Waals surface area contributed by atoms with Gasteiger partial charge in [0.1, 0.15) is 18.3 Å². The Kier molecular flexibility index (Phi) is 10.1. The van der Waals surface area contributed by atoms with E-state index in [1.54, 1.807) is 0 Å². The molecule has 1 saturated carbocycles. The highest BCUT2D eigenvalue weighted by molar-refractivity contribution is 5.66. The summed E-state index contributed by atoms with van der Waals surface area (Å²) >= 11 is 0. The van der Waals surface area contributed by atoms with Crippen LogP contribution >= 0.6 is 0 Å². The van der Waals surface area contributed by atoms with E-state index in [9.17, 15) is 4.79 Å². The number of carbonyl (C=O) groups excluding carboxylic acids is 1. The summed E-state index contributed by atoms with van der Waals surface area (Å²) in [6.45, 7) is 6.68. The molecule has 0 amide bonds. The van der Waals surface area contributed by atoms with Crippen molar-refractivity contribution in [2.45, 2.75) is 95.7 Å². The zero-order valence-corrected chi connectivity index (χ0v) is 24.8. The molecular weight excluding hydrogens is 532 g/mol. The summed E-state index contributed by atoms with van der Waals surface area (Å²) in [5, 5.41) is 0. The van der Waals surface area contributed by atoms with Gasteiger partial charge in [-0.1, -0.05) is 105 Å². The molecule has 224 valence electrons. The van der Waals surface area contributed by atoms with Crippen molar-refractivity contribution in [2.24, 2.45) is 0 Å². The quantitative estimate of drug-likeness (QED) is 0.219. The van der Waals surface area contributed by atoms with E-state index >= 15 is 0 Å². The topological polar surface area (TPSA) is 72.5 Å². The average molecular weight is 575 g/mol. The molecule has 5 atom stereocenters. The van der Waals surface area contributed by atoms with Crippen LogP contribution in [0.5, 0.6) is 0 Å². The molecule has 3 aromatic carbocycles. The molecule has 2 aliphatic rings. The van der Waals surface area contributed by atoms with E-state index in [0.29, 0.717) is 39.1 Å². The van der Waals surface area contributed by atoms with Gasteiger partial charge >= 0.3 is 5.97 Å². The first-order valence-corrected chi connectivity index (χ1v) is 14.9.